The highest BCUT2D eigenvalue weighted by molar-refractivity contribution is 7.89. The third-order valence-electron chi connectivity index (χ3n) is 4.81. The number of thiophene rings is 1. The van der Waals surface area contributed by atoms with Crippen molar-refractivity contribution in [3.8, 4) is 0 Å². The van der Waals surface area contributed by atoms with Gasteiger partial charge in [0, 0.05) is 23.0 Å². The van der Waals surface area contributed by atoms with E-state index in [1.165, 1.54) is 23.5 Å². The van der Waals surface area contributed by atoms with Gasteiger partial charge < -0.3 is 10.6 Å². The topological polar surface area (TPSA) is 104 Å². The van der Waals surface area contributed by atoms with Crippen molar-refractivity contribution in [2.45, 2.75) is 30.7 Å². The van der Waals surface area contributed by atoms with Gasteiger partial charge in [0.2, 0.25) is 10.0 Å². The van der Waals surface area contributed by atoms with Gasteiger partial charge in [0.15, 0.2) is 0 Å². The van der Waals surface area contributed by atoms with Crippen LogP contribution in [0, 0.1) is 6.92 Å². The van der Waals surface area contributed by atoms with E-state index in [0.717, 1.165) is 12.8 Å². The average molecular weight is 456 g/mol. The summed E-state index contributed by atoms with van der Waals surface area (Å²) >= 11 is 1.35. The summed E-state index contributed by atoms with van der Waals surface area (Å²) in [6, 6.07) is 14.8. The van der Waals surface area contributed by atoms with Gasteiger partial charge in [0.05, 0.1) is 9.77 Å². The molecule has 1 heterocycles. The lowest BCUT2D eigenvalue weighted by Crippen LogP contribution is -2.26. The Hall–Kier alpha value is -3.01. The van der Waals surface area contributed by atoms with E-state index >= 15 is 0 Å². The van der Waals surface area contributed by atoms with E-state index in [1.807, 2.05) is 11.4 Å². The molecule has 7 nitrogen and oxygen atoms in total. The molecular formula is C22H21N3O4S2. The first-order chi connectivity index (χ1) is 14.8. The first kappa shape index (κ1) is 21.2. The van der Waals surface area contributed by atoms with Gasteiger partial charge in [0.25, 0.3) is 11.8 Å². The maximum Gasteiger partial charge on any atom is 0.265 e. The van der Waals surface area contributed by atoms with E-state index in [2.05, 4.69) is 15.4 Å². The van der Waals surface area contributed by atoms with Crippen LogP contribution < -0.4 is 15.4 Å². The SMILES string of the molecule is Cc1ccc(S(=O)(=O)NC2CC2)cc1C(=O)Nc1ccc(NC(=O)c2cccs2)cc1. The average Bonchev–Trinajstić information content (AvgIpc) is 3.36. The largest absolute Gasteiger partial charge is 0.322 e. The van der Waals surface area contributed by atoms with Gasteiger partial charge in [-0.15, -0.1) is 11.3 Å². The molecule has 0 spiro atoms. The second-order valence-corrected chi connectivity index (χ2v) is 10.00. The number of amides is 2. The van der Waals surface area contributed by atoms with Gasteiger partial charge in [-0.25, -0.2) is 13.1 Å². The number of sulfonamides is 1. The fourth-order valence-electron chi connectivity index (χ4n) is 2.94. The van der Waals surface area contributed by atoms with Crippen molar-refractivity contribution in [1.29, 1.82) is 0 Å². The minimum Gasteiger partial charge on any atom is -0.322 e. The molecule has 0 unspecified atom stereocenters. The number of carbonyl (C=O) groups is 2. The van der Waals surface area contributed by atoms with Crippen LogP contribution in [0.15, 0.2) is 64.9 Å². The highest BCUT2D eigenvalue weighted by atomic mass is 32.2. The van der Waals surface area contributed by atoms with Crippen molar-refractivity contribution in [3.63, 3.8) is 0 Å². The molecule has 9 heteroatoms. The summed E-state index contributed by atoms with van der Waals surface area (Å²) < 4.78 is 27.5. The number of hydrogen-bond donors (Lipinski definition) is 3. The van der Waals surface area contributed by atoms with E-state index < -0.39 is 15.9 Å². The normalized spacial score (nSPS) is 13.6. The Labute approximate surface area is 184 Å². The van der Waals surface area contributed by atoms with E-state index in [1.54, 1.807) is 43.3 Å². The van der Waals surface area contributed by atoms with E-state index in [-0.39, 0.29) is 22.4 Å². The quantitative estimate of drug-likeness (QED) is 0.501. The van der Waals surface area contributed by atoms with Gasteiger partial charge in [-0.05, 0) is 73.2 Å². The summed E-state index contributed by atoms with van der Waals surface area (Å²) in [7, 11) is -3.65. The summed E-state index contributed by atoms with van der Waals surface area (Å²) in [5, 5.41) is 7.40. The predicted octanol–water partition coefficient (Wildman–Crippen LogP) is 4.00. The van der Waals surface area contributed by atoms with Gasteiger partial charge in [-0.3, -0.25) is 9.59 Å². The van der Waals surface area contributed by atoms with Crippen LogP contribution in [0.4, 0.5) is 11.4 Å². The Kier molecular flexibility index (Phi) is 5.90. The van der Waals surface area contributed by atoms with E-state index in [9.17, 15) is 18.0 Å². The molecule has 4 rings (SSSR count). The maximum absolute atomic E-state index is 12.8. The zero-order valence-electron chi connectivity index (χ0n) is 16.7. The maximum atomic E-state index is 12.8. The molecule has 1 saturated carbocycles. The Morgan fingerprint density at radius 3 is 2.16 bits per heavy atom. The number of hydrogen-bond acceptors (Lipinski definition) is 5. The zero-order valence-corrected chi connectivity index (χ0v) is 18.3. The van der Waals surface area contributed by atoms with Crippen LogP contribution in [0.3, 0.4) is 0 Å². The minimum absolute atomic E-state index is 0.0117. The third kappa shape index (κ3) is 5.19. The molecule has 0 aliphatic heterocycles. The summed E-state index contributed by atoms with van der Waals surface area (Å²) in [5.41, 5.74) is 2.09. The molecule has 0 bridgehead atoms. The molecule has 2 amide bonds. The van der Waals surface area contributed by atoms with Gasteiger partial charge >= 0.3 is 0 Å². The lowest BCUT2D eigenvalue weighted by Gasteiger charge is -2.11. The first-order valence-corrected chi connectivity index (χ1v) is 12.1. The molecule has 1 aliphatic rings. The second-order valence-electron chi connectivity index (χ2n) is 7.34. The number of benzene rings is 2. The number of nitrogens with one attached hydrogen (secondary N) is 3. The van der Waals surface area contributed by atoms with Crippen LogP contribution in [0.2, 0.25) is 0 Å². The smallest absolute Gasteiger partial charge is 0.265 e. The molecule has 3 aromatic rings. The van der Waals surface area contributed by atoms with Crippen molar-refractivity contribution in [3.05, 3.63) is 76.0 Å². The predicted molar refractivity (Wildman–Crippen MR) is 121 cm³/mol. The van der Waals surface area contributed by atoms with Crippen molar-refractivity contribution < 1.29 is 18.0 Å². The van der Waals surface area contributed by atoms with Crippen LogP contribution in [0.25, 0.3) is 0 Å². The standard InChI is InChI=1S/C22H21N3O4S2/c1-14-4-11-18(31(28,29)25-17-9-10-17)13-19(14)21(26)23-15-5-7-16(8-6-15)24-22(27)20-3-2-12-30-20/h2-8,11-13,17,25H,9-10H2,1H3,(H,23,26)(H,24,27). The molecule has 1 aliphatic carbocycles. The summed E-state index contributed by atoms with van der Waals surface area (Å²) in [4.78, 5) is 25.6. The van der Waals surface area contributed by atoms with Crippen LogP contribution in [-0.4, -0.2) is 26.3 Å². The number of carbonyl (C=O) groups excluding carboxylic acids is 2. The number of aryl methyl sites for hydroxylation is 1. The molecule has 0 saturated heterocycles. The third-order valence-corrected chi connectivity index (χ3v) is 7.20. The lowest BCUT2D eigenvalue weighted by molar-refractivity contribution is 0.101. The van der Waals surface area contributed by atoms with Gasteiger partial charge in [-0.2, -0.15) is 0 Å². The fourth-order valence-corrected chi connectivity index (χ4v) is 4.89. The molecule has 1 fully saturated rings. The van der Waals surface area contributed by atoms with Crippen molar-refractivity contribution in [2.75, 3.05) is 10.6 Å². The molecular weight excluding hydrogens is 434 g/mol. The fraction of sp³-hybridized carbons (Fsp3) is 0.182. The van der Waals surface area contributed by atoms with Crippen molar-refractivity contribution in [2.24, 2.45) is 0 Å². The van der Waals surface area contributed by atoms with E-state index in [4.69, 9.17) is 0 Å². The highest BCUT2D eigenvalue weighted by Gasteiger charge is 2.28. The molecule has 31 heavy (non-hydrogen) atoms. The molecule has 160 valence electrons. The number of anilines is 2. The molecule has 3 N–H and O–H groups in total. The summed E-state index contributed by atoms with van der Waals surface area (Å²) in [5.74, 6) is -0.600. The Morgan fingerprint density at radius 2 is 1.58 bits per heavy atom. The Bertz CT molecular complexity index is 1220. The molecule has 1 aromatic heterocycles. The number of rotatable bonds is 7. The summed E-state index contributed by atoms with van der Waals surface area (Å²) in [6.45, 7) is 1.75. The lowest BCUT2D eigenvalue weighted by atomic mass is 10.1. The molecule has 0 atom stereocenters. The van der Waals surface area contributed by atoms with E-state index in [0.29, 0.717) is 21.8 Å². The van der Waals surface area contributed by atoms with Crippen LogP contribution >= 0.6 is 11.3 Å². The van der Waals surface area contributed by atoms with Gasteiger partial charge in [-0.1, -0.05) is 12.1 Å². The van der Waals surface area contributed by atoms with Gasteiger partial charge in [0.1, 0.15) is 0 Å². The van der Waals surface area contributed by atoms with Crippen LogP contribution in [0.5, 0.6) is 0 Å². The monoisotopic (exact) mass is 455 g/mol. The molecule has 0 radical (unpaired) electrons. The second kappa shape index (κ2) is 8.62. The Morgan fingerprint density at radius 1 is 0.935 bits per heavy atom. The van der Waals surface area contributed by atoms with Crippen molar-refractivity contribution in [1.82, 2.24) is 4.72 Å². The summed E-state index contributed by atoms with van der Waals surface area (Å²) in [6.07, 6.45) is 1.67. The minimum atomic E-state index is -3.65. The highest BCUT2D eigenvalue weighted by Crippen LogP contribution is 2.24. The molecule has 2 aromatic carbocycles. The van der Waals surface area contributed by atoms with Crippen LogP contribution in [0.1, 0.15) is 38.4 Å². The van der Waals surface area contributed by atoms with Crippen LogP contribution in [-0.2, 0) is 10.0 Å². The zero-order chi connectivity index (χ0) is 22.0. The first-order valence-electron chi connectivity index (χ1n) is 9.71. The van der Waals surface area contributed by atoms with Crippen molar-refractivity contribution >= 4 is 44.5 Å². The Balaban J connectivity index is 1.45.